The van der Waals surface area contributed by atoms with Crippen LogP contribution in [-0.2, 0) is 16.1 Å². The zero-order valence-electron chi connectivity index (χ0n) is 18.0. The molecule has 2 aromatic rings. The maximum atomic E-state index is 12.9. The summed E-state index contributed by atoms with van der Waals surface area (Å²) in [5.74, 6) is -0.165. The molecule has 0 radical (unpaired) electrons. The van der Waals surface area contributed by atoms with Crippen molar-refractivity contribution in [1.29, 1.82) is 0 Å². The molecule has 2 saturated heterocycles. The van der Waals surface area contributed by atoms with E-state index < -0.39 is 12.1 Å². The molecule has 4 rings (SSSR count). The summed E-state index contributed by atoms with van der Waals surface area (Å²) in [6.45, 7) is 4.85. The van der Waals surface area contributed by atoms with Crippen LogP contribution < -0.4 is 10.2 Å². The second-order valence-corrected chi connectivity index (χ2v) is 8.22. The summed E-state index contributed by atoms with van der Waals surface area (Å²) >= 11 is 0. The lowest BCUT2D eigenvalue weighted by Crippen LogP contribution is -2.44. The molecule has 7 heteroatoms. The first-order chi connectivity index (χ1) is 15.1. The van der Waals surface area contributed by atoms with Crippen molar-refractivity contribution in [2.75, 3.05) is 50.0 Å². The molecule has 0 saturated carbocycles. The Morgan fingerprint density at radius 1 is 0.968 bits per heavy atom. The lowest BCUT2D eigenvalue weighted by molar-refractivity contribution is -0.120. The minimum atomic E-state index is -0.499. The van der Waals surface area contributed by atoms with Crippen molar-refractivity contribution in [3.05, 3.63) is 60.2 Å². The van der Waals surface area contributed by atoms with Crippen LogP contribution in [-0.4, -0.2) is 67.6 Å². The quantitative estimate of drug-likeness (QED) is 0.802. The zero-order chi connectivity index (χ0) is 21.6. The van der Waals surface area contributed by atoms with Crippen molar-refractivity contribution in [2.24, 2.45) is 0 Å². The van der Waals surface area contributed by atoms with Gasteiger partial charge in [0.1, 0.15) is 12.6 Å². The first kappa shape index (κ1) is 21.2. The number of likely N-dealkylation sites (N-methyl/N-ethyl adjacent to an activating group) is 1. The van der Waals surface area contributed by atoms with Gasteiger partial charge in [0.15, 0.2) is 0 Å². The summed E-state index contributed by atoms with van der Waals surface area (Å²) in [5.41, 5.74) is 2.84. The van der Waals surface area contributed by atoms with Crippen LogP contribution in [0.4, 0.5) is 16.2 Å². The SMILES string of the molecule is CN1CCN(c2ccc(NC(=O)C3CCCN3C(=O)OCc3ccccc3)cc2)CC1. The molecule has 2 aliphatic rings. The van der Waals surface area contributed by atoms with Gasteiger partial charge in [-0.05, 0) is 49.7 Å². The summed E-state index contributed by atoms with van der Waals surface area (Å²) in [6, 6.07) is 17.0. The fourth-order valence-electron chi connectivity index (χ4n) is 4.11. The third-order valence-corrected chi connectivity index (χ3v) is 6.00. The summed E-state index contributed by atoms with van der Waals surface area (Å²) in [4.78, 5) is 31.6. The zero-order valence-corrected chi connectivity index (χ0v) is 18.0. The number of likely N-dealkylation sites (tertiary alicyclic amines) is 1. The van der Waals surface area contributed by atoms with Gasteiger partial charge >= 0.3 is 6.09 Å². The van der Waals surface area contributed by atoms with Gasteiger partial charge in [-0.1, -0.05) is 30.3 Å². The van der Waals surface area contributed by atoms with Crippen LogP contribution in [0.1, 0.15) is 18.4 Å². The average molecular weight is 423 g/mol. The van der Waals surface area contributed by atoms with E-state index >= 15 is 0 Å². The van der Waals surface area contributed by atoms with Crippen molar-refractivity contribution in [1.82, 2.24) is 9.80 Å². The minimum absolute atomic E-state index is 0.165. The normalized spacial score (nSPS) is 19.3. The summed E-state index contributed by atoms with van der Waals surface area (Å²) in [7, 11) is 2.14. The molecule has 31 heavy (non-hydrogen) atoms. The number of nitrogens with one attached hydrogen (secondary N) is 1. The van der Waals surface area contributed by atoms with Gasteiger partial charge in [0.05, 0.1) is 0 Å². The van der Waals surface area contributed by atoms with Gasteiger partial charge < -0.3 is 19.9 Å². The van der Waals surface area contributed by atoms with E-state index in [9.17, 15) is 9.59 Å². The smallest absolute Gasteiger partial charge is 0.410 e. The van der Waals surface area contributed by atoms with E-state index in [1.807, 2.05) is 54.6 Å². The highest BCUT2D eigenvalue weighted by molar-refractivity contribution is 5.97. The molecule has 164 valence electrons. The highest BCUT2D eigenvalue weighted by Crippen LogP contribution is 2.23. The monoisotopic (exact) mass is 422 g/mol. The number of anilines is 2. The standard InChI is InChI=1S/C24H30N4O3/c1-26-14-16-27(17-15-26)21-11-9-20(10-12-21)25-23(29)22-8-5-13-28(22)24(30)31-18-19-6-3-2-4-7-19/h2-4,6-7,9-12,22H,5,8,13-18H2,1H3,(H,25,29). The first-order valence-electron chi connectivity index (χ1n) is 10.9. The predicted molar refractivity (Wildman–Crippen MR) is 121 cm³/mol. The highest BCUT2D eigenvalue weighted by atomic mass is 16.6. The number of carbonyl (C=O) groups excluding carboxylic acids is 2. The maximum Gasteiger partial charge on any atom is 0.410 e. The molecule has 0 bridgehead atoms. The number of ether oxygens (including phenoxy) is 1. The molecule has 1 N–H and O–H groups in total. The number of nitrogens with zero attached hydrogens (tertiary/aromatic N) is 3. The molecule has 1 atom stereocenters. The number of rotatable bonds is 5. The third kappa shape index (κ3) is 5.35. The Bertz CT molecular complexity index is 879. The van der Waals surface area contributed by atoms with Crippen molar-refractivity contribution in [3.8, 4) is 0 Å². The van der Waals surface area contributed by atoms with E-state index in [-0.39, 0.29) is 12.5 Å². The highest BCUT2D eigenvalue weighted by Gasteiger charge is 2.35. The van der Waals surface area contributed by atoms with Gasteiger partial charge in [-0.3, -0.25) is 9.69 Å². The molecule has 2 aliphatic heterocycles. The Morgan fingerprint density at radius 3 is 2.39 bits per heavy atom. The fourth-order valence-corrected chi connectivity index (χ4v) is 4.11. The van der Waals surface area contributed by atoms with Crippen molar-refractivity contribution >= 4 is 23.4 Å². The van der Waals surface area contributed by atoms with Gasteiger partial charge in [-0.25, -0.2) is 4.79 Å². The molecule has 0 aromatic heterocycles. The lowest BCUT2D eigenvalue weighted by atomic mass is 10.2. The van der Waals surface area contributed by atoms with E-state index in [4.69, 9.17) is 4.74 Å². The molecule has 2 amide bonds. The minimum Gasteiger partial charge on any atom is -0.445 e. The number of amides is 2. The molecule has 2 heterocycles. The van der Waals surface area contributed by atoms with Crippen LogP contribution in [0.15, 0.2) is 54.6 Å². The first-order valence-corrected chi connectivity index (χ1v) is 10.9. The van der Waals surface area contributed by atoms with Crippen molar-refractivity contribution < 1.29 is 14.3 Å². The van der Waals surface area contributed by atoms with E-state index in [1.54, 1.807) is 0 Å². The van der Waals surface area contributed by atoms with E-state index in [0.717, 1.165) is 49.5 Å². The Hall–Kier alpha value is -3.06. The average Bonchev–Trinajstić information content (AvgIpc) is 3.30. The molecule has 7 nitrogen and oxygen atoms in total. The summed E-state index contributed by atoms with van der Waals surface area (Å²) in [6.07, 6.45) is 0.999. The second-order valence-electron chi connectivity index (χ2n) is 8.22. The van der Waals surface area contributed by atoms with Crippen LogP contribution in [0.3, 0.4) is 0 Å². The predicted octanol–water partition coefficient (Wildman–Crippen LogP) is 3.18. The summed E-state index contributed by atoms with van der Waals surface area (Å²) in [5, 5.41) is 2.96. The Balaban J connectivity index is 1.31. The van der Waals surface area contributed by atoms with Gasteiger partial charge in [-0.2, -0.15) is 0 Å². The van der Waals surface area contributed by atoms with Crippen LogP contribution in [0, 0.1) is 0 Å². The molecule has 0 spiro atoms. The number of piperazine rings is 1. The number of hydrogen-bond donors (Lipinski definition) is 1. The van der Waals surface area contributed by atoms with Gasteiger partial charge in [-0.15, -0.1) is 0 Å². The molecule has 2 fully saturated rings. The van der Waals surface area contributed by atoms with Crippen molar-refractivity contribution in [2.45, 2.75) is 25.5 Å². The van der Waals surface area contributed by atoms with E-state index in [0.29, 0.717) is 13.0 Å². The second kappa shape index (κ2) is 9.83. The number of benzene rings is 2. The van der Waals surface area contributed by atoms with Gasteiger partial charge in [0.25, 0.3) is 0 Å². The molecular weight excluding hydrogens is 392 g/mol. The van der Waals surface area contributed by atoms with Crippen molar-refractivity contribution in [3.63, 3.8) is 0 Å². The Morgan fingerprint density at radius 2 is 1.68 bits per heavy atom. The lowest BCUT2D eigenvalue weighted by Gasteiger charge is -2.34. The Kier molecular flexibility index (Phi) is 6.72. The van der Waals surface area contributed by atoms with Crippen LogP contribution in [0.2, 0.25) is 0 Å². The van der Waals surface area contributed by atoms with Crippen LogP contribution >= 0.6 is 0 Å². The van der Waals surface area contributed by atoms with Crippen LogP contribution in [0.5, 0.6) is 0 Å². The molecule has 0 aliphatic carbocycles. The maximum absolute atomic E-state index is 12.9. The number of carbonyl (C=O) groups is 2. The molecular formula is C24H30N4O3. The summed E-state index contributed by atoms with van der Waals surface area (Å²) < 4.78 is 5.43. The van der Waals surface area contributed by atoms with E-state index in [2.05, 4.69) is 22.2 Å². The molecule has 2 aromatic carbocycles. The molecule has 1 unspecified atom stereocenters. The number of hydrogen-bond acceptors (Lipinski definition) is 5. The Labute approximate surface area is 183 Å². The topological polar surface area (TPSA) is 65.1 Å². The van der Waals surface area contributed by atoms with Gasteiger partial charge in [0.2, 0.25) is 5.91 Å². The largest absolute Gasteiger partial charge is 0.445 e. The third-order valence-electron chi connectivity index (χ3n) is 6.00. The fraction of sp³-hybridized carbons (Fsp3) is 0.417. The van der Waals surface area contributed by atoms with Crippen LogP contribution in [0.25, 0.3) is 0 Å². The van der Waals surface area contributed by atoms with E-state index in [1.165, 1.54) is 4.90 Å². The van der Waals surface area contributed by atoms with Gasteiger partial charge in [0, 0.05) is 44.1 Å².